The SMILES string of the molecule is CC(N)C1(c2ccc(F)cn2)CC1. The minimum atomic E-state index is -0.288. The van der Waals surface area contributed by atoms with Crippen LogP contribution in [0.25, 0.3) is 0 Å². The summed E-state index contributed by atoms with van der Waals surface area (Å²) in [7, 11) is 0. The maximum Gasteiger partial charge on any atom is 0.141 e. The van der Waals surface area contributed by atoms with Crippen molar-refractivity contribution in [2.75, 3.05) is 0 Å². The van der Waals surface area contributed by atoms with Crippen LogP contribution in [0.3, 0.4) is 0 Å². The molecule has 3 heteroatoms. The van der Waals surface area contributed by atoms with Crippen molar-refractivity contribution in [1.29, 1.82) is 0 Å². The minimum absolute atomic E-state index is 0.0354. The molecule has 2 rings (SSSR count). The van der Waals surface area contributed by atoms with Crippen molar-refractivity contribution < 1.29 is 4.39 Å². The van der Waals surface area contributed by atoms with Crippen molar-refractivity contribution in [3.05, 3.63) is 29.8 Å². The molecule has 0 bridgehead atoms. The van der Waals surface area contributed by atoms with Gasteiger partial charge in [0.05, 0.1) is 6.20 Å². The average Bonchev–Trinajstić information content (AvgIpc) is 2.86. The van der Waals surface area contributed by atoms with E-state index in [0.717, 1.165) is 18.5 Å². The number of aromatic nitrogens is 1. The summed E-state index contributed by atoms with van der Waals surface area (Å²) >= 11 is 0. The first kappa shape index (κ1) is 8.63. The number of nitrogens with zero attached hydrogens (tertiary/aromatic N) is 1. The molecule has 1 fully saturated rings. The first-order chi connectivity index (χ1) is 6.15. The van der Waals surface area contributed by atoms with Crippen molar-refractivity contribution in [3.63, 3.8) is 0 Å². The summed E-state index contributed by atoms with van der Waals surface area (Å²) in [6, 6.07) is 3.29. The lowest BCUT2D eigenvalue weighted by molar-refractivity contribution is 0.536. The first-order valence-corrected chi connectivity index (χ1v) is 4.53. The van der Waals surface area contributed by atoms with Crippen molar-refractivity contribution in [2.45, 2.75) is 31.2 Å². The molecule has 2 N–H and O–H groups in total. The summed E-state index contributed by atoms with van der Waals surface area (Å²) in [4.78, 5) is 4.08. The van der Waals surface area contributed by atoms with Crippen LogP contribution in [0.5, 0.6) is 0 Å². The van der Waals surface area contributed by atoms with Gasteiger partial charge in [0, 0.05) is 17.2 Å². The van der Waals surface area contributed by atoms with E-state index in [-0.39, 0.29) is 17.3 Å². The molecule has 0 spiro atoms. The molecule has 1 unspecified atom stereocenters. The molecule has 0 saturated heterocycles. The Balaban J connectivity index is 2.31. The van der Waals surface area contributed by atoms with Gasteiger partial charge in [0.2, 0.25) is 0 Å². The lowest BCUT2D eigenvalue weighted by Gasteiger charge is -2.18. The molecule has 1 atom stereocenters. The third-order valence-electron chi connectivity index (χ3n) is 2.90. The van der Waals surface area contributed by atoms with Crippen LogP contribution in [0.2, 0.25) is 0 Å². The van der Waals surface area contributed by atoms with Crippen molar-refractivity contribution in [3.8, 4) is 0 Å². The largest absolute Gasteiger partial charge is 0.327 e. The highest BCUT2D eigenvalue weighted by molar-refractivity contribution is 5.27. The van der Waals surface area contributed by atoms with Gasteiger partial charge in [-0.3, -0.25) is 4.98 Å². The molecule has 13 heavy (non-hydrogen) atoms. The Morgan fingerprint density at radius 3 is 2.62 bits per heavy atom. The van der Waals surface area contributed by atoms with Gasteiger partial charge in [-0.2, -0.15) is 0 Å². The Hall–Kier alpha value is -0.960. The number of pyridine rings is 1. The zero-order valence-electron chi connectivity index (χ0n) is 7.63. The Morgan fingerprint density at radius 2 is 2.23 bits per heavy atom. The molecular formula is C10H13FN2. The van der Waals surface area contributed by atoms with Crippen LogP contribution in [-0.4, -0.2) is 11.0 Å². The highest BCUT2D eigenvalue weighted by atomic mass is 19.1. The van der Waals surface area contributed by atoms with Gasteiger partial charge in [0.1, 0.15) is 5.82 Å². The molecule has 0 radical (unpaired) electrons. The van der Waals surface area contributed by atoms with Crippen LogP contribution < -0.4 is 5.73 Å². The van der Waals surface area contributed by atoms with Gasteiger partial charge in [-0.05, 0) is 31.9 Å². The number of rotatable bonds is 2. The second-order valence-electron chi connectivity index (χ2n) is 3.81. The van der Waals surface area contributed by atoms with Crippen LogP contribution in [-0.2, 0) is 5.41 Å². The van der Waals surface area contributed by atoms with Crippen molar-refractivity contribution in [2.24, 2.45) is 5.73 Å². The van der Waals surface area contributed by atoms with Crippen LogP contribution in [0, 0.1) is 5.82 Å². The Kier molecular flexibility index (Phi) is 1.84. The second kappa shape index (κ2) is 2.77. The fourth-order valence-corrected chi connectivity index (χ4v) is 1.75. The van der Waals surface area contributed by atoms with E-state index in [1.165, 1.54) is 12.3 Å². The number of halogens is 1. The van der Waals surface area contributed by atoms with E-state index in [4.69, 9.17) is 5.73 Å². The van der Waals surface area contributed by atoms with Crippen molar-refractivity contribution in [1.82, 2.24) is 4.98 Å². The Labute approximate surface area is 77.0 Å². The zero-order valence-corrected chi connectivity index (χ0v) is 7.63. The number of hydrogen-bond acceptors (Lipinski definition) is 2. The zero-order chi connectivity index (χ0) is 9.47. The normalized spacial score (nSPS) is 21.2. The minimum Gasteiger partial charge on any atom is -0.327 e. The summed E-state index contributed by atoms with van der Waals surface area (Å²) < 4.78 is 12.6. The quantitative estimate of drug-likeness (QED) is 0.750. The molecular weight excluding hydrogens is 167 g/mol. The smallest absolute Gasteiger partial charge is 0.141 e. The Morgan fingerprint density at radius 1 is 1.54 bits per heavy atom. The molecule has 1 aliphatic carbocycles. The molecule has 0 aliphatic heterocycles. The third kappa shape index (κ3) is 1.33. The van der Waals surface area contributed by atoms with E-state index in [2.05, 4.69) is 4.98 Å². The standard InChI is InChI=1S/C10H13FN2/c1-7(12)10(4-5-10)9-3-2-8(11)6-13-9/h2-3,6-7H,4-5,12H2,1H3. The summed E-state index contributed by atoms with van der Waals surface area (Å²) in [5.41, 5.74) is 6.84. The topological polar surface area (TPSA) is 38.9 Å². The average molecular weight is 180 g/mol. The van der Waals surface area contributed by atoms with Gasteiger partial charge in [-0.1, -0.05) is 0 Å². The Bertz CT molecular complexity index is 301. The van der Waals surface area contributed by atoms with Crippen LogP contribution in [0.15, 0.2) is 18.3 Å². The fourth-order valence-electron chi connectivity index (χ4n) is 1.75. The predicted octanol–water partition coefficient (Wildman–Crippen LogP) is 1.60. The van der Waals surface area contributed by atoms with E-state index in [1.807, 2.05) is 6.92 Å². The monoisotopic (exact) mass is 180 g/mol. The molecule has 0 amide bonds. The molecule has 1 saturated carbocycles. The molecule has 70 valence electrons. The maximum atomic E-state index is 12.6. The highest BCUT2D eigenvalue weighted by Gasteiger charge is 2.48. The van der Waals surface area contributed by atoms with E-state index in [1.54, 1.807) is 6.07 Å². The summed E-state index contributed by atoms with van der Waals surface area (Å²) in [6.45, 7) is 1.98. The predicted molar refractivity (Wildman–Crippen MR) is 48.8 cm³/mol. The van der Waals surface area contributed by atoms with E-state index in [9.17, 15) is 4.39 Å². The molecule has 1 aliphatic rings. The summed E-state index contributed by atoms with van der Waals surface area (Å²) in [5, 5.41) is 0. The van der Waals surface area contributed by atoms with Gasteiger partial charge in [-0.25, -0.2) is 4.39 Å². The number of nitrogens with two attached hydrogens (primary N) is 1. The van der Waals surface area contributed by atoms with E-state index >= 15 is 0 Å². The maximum absolute atomic E-state index is 12.6. The molecule has 2 nitrogen and oxygen atoms in total. The van der Waals surface area contributed by atoms with Gasteiger partial charge in [0.25, 0.3) is 0 Å². The molecule has 1 heterocycles. The second-order valence-corrected chi connectivity index (χ2v) is 3.81. The van der Waals surface area contributed by atoms with Crippen LogP contribution >= 0.6 is 0 Å². The fraction of sp³-hybridized carbons (Fsp3) is 0.500. The van der Waals surface area contributed by atoms with E-state index in [0.29, 0.717) is 0 Å². The van der Waals surface area contributed by atoms with Gasteiger partial charge in [0.15, 0.2) is 0 Å². The lowest BCUT2D eigenvalue weighted by atomic mass is 9.94. The van der Waals surface area contributed by atoms with Gasteiger partial charge < -0.3 is 5.73 Å². The molecule has 0 aromatic carbocycles. The van der Waals surface area contributed by atoms with Gasteiger partial charge >= 0.3 is 0 Å². The summed E-state index contributed by atoms with van der Waals surface area (Å²) in [6.07, 6.45) is 3.41. The van der Waals surface area contributed by atoms with Crippen LogP contribution in [0.4, 0.5) is 4.39 Å². The van der Waals surface area contributed by atoms with Gasteiger partial charge in [-0.15, -0.1) is 0 Å². The van der Waals surface area contributed by atoms with E-state index < -0.39 is 0 Å². The third-order valence-corrected chi connectivity index (χ3v) is 2.90. The van der Waals surface area contributed by atoms with Crippen LogP contribution in [0.1, 0.15) is 25.5 Å². The summed E-state index contributed by atoms with van der Waals surface area (Å²) in [5.74, 6) is -0.288. The molecule has 1 aromatic rings. The van der Waals surface area contributed by atoms with Crippen molar-refractivity contribution >= 4 is 0 Å². The highest BCUT2D eigenvalue weighted by Crippen LogP contribution is 2.49. The number of hydrogen-bond donors (Lipinski definition) is 1. The molecule has 1 aromatic heterocycles. The lowest BCUT2D eigenvalue weighted by Crippen LogP contribution is -2.32. The first-order valence-electron chi connectivity index (χ1n) is 4.53.